The summed E-state index contributed by atoms with van der Waals surface area (Å²) in [5, 5.41) is 12.5. The van der Waals surface area contributed by atoms with Crippen LogP contribution in [-0.2, 0) is 13.1 Å². The predicted molar refractivity (Wildman–Crippen MR) is 106 cm³/mol. The molecular formula is C22H18F2N2O4. The second-order valence-corrected chi connectivity index (χ2v) is 7.65. The fourth-order valence-electron chi connectivity index (χ4n) is 4.23. The monoisotopic (exact) mass is 412 g/mol. The maximum atomic E-state index is 15.3. The number of aromatic nitrogens is 1. The summed E-state index contributed by atoms with van der Waals surface area (Å²) in [6.07, 6.45) is 0.160. The van der Waals surface area contributed by atoms with Crippen LogP contribution in [0.2, 0.25) is 0 Å². The third kappa shape index (κ3) is 2.71. The molecule has 5 rings (SSSR count). The van der Waals surface area contributed by atoms with Gasteiger partial charge >= 0.3 is 5.97 Å². The normalized spacial score (nSPS) is 19.7. The van der Waals surface area contributed by atoms with Crippen molar-refractivity contribution in [3.05, 3.63) is 63.2 Å². The summed E-state index contributed by atoms with van der Waals surface area (Å²) in [5.41, 5.74) is 1.74. The van der Waals surface area contributed by atoms with E-state index in [2.05, 4.69) is 5.32 Å². The van der Waals surface area contributed by atoms with E-state index in [1.54, 1.807) is 6.07 Å². The van der Waals surface area contributed by atoms with Crippen LogP contribution in [0.1, 0.15) is 33.9 Å². The lowest BCUT2D eigenvalue weighted by molar-refractivity contribution is 0.0694. The molecule has 2 aromatic carbocycles. The second kappa shape index (κ2) is 6.63. The molecule has 1 saturated carbocycles. The van der Waals surface area contributed by atoms with Crippen LogP contribution in [0.5, 0.6) is 5.75 Å². The number of methoxy groups -OCH3 is 1. The maximum Gasteiger partial charge on any atom is 0.341 e. The number of pyridine rings is 1. The number of fused-ring (bicyclic) bond motifs is 2. The van der Waals surface area contributed by atoms with Crippen molar-refractivity contribution >= 4 is 16.9 Å². The van der Waals surface area contributed by atoms with Crippen LogP contribution >= 0.6 is 0 Å². The summed E-state index contributed by atoms with van der Waals surface area (Å²) < 4.78 is 36.2. The molecule has 2 aliphatic rings. The van der Waals surface area contributed by atoms with E-state index in [1.165, 1.54) is 11.7 Å². The Morgan fingerprint density at radius 2 is 2.00 bits per heavy atom. The van der Waals surface area contributed by atoms with Crippen LogP contribution < -0.4 is 15.5 Å². The van der Waals surface area contributed by atoms with E-state index in [-0.39, 0.29) is 28.6 Å². The highest BCUT2D eigenvalue weighted by Crippen LogP contribution is 2.45. The molecule has 2 N–H and O–H groups in total. The zero-order chi connectivity index (χ0) is 21.2. The Bertz CT molecular complexity index is 1280. The molecule has 0 saturated heterocycles. The minimum atomic E-state index is -1.44. The van der Waals surface area contributed by atoms with E-state index in [0.717, 1.165) is 29.9 Å². The van der Waals surface area contributed by atoms with Crippen LogP contribution in [0.25, 0.3) is 22.0 Å². The standard InChI is InChI=1S/C22H18F2N2O4/c1-30-21-18(10-2-3-11-7-25-8-12(11)4-10)16(24)5-13-19(21)26(17-6-15(17)23)9-14(20(13)27)22(28)29/h2-5,9,15,17,25H,6-8H2,1H3,(H,28,29)/t15-,17+/m0/s1. The quantitative estimate of drug-likeness (QED) is 0.687. The first-order chi connectivity index (χ1) is 14.4. The number of hydrogen-bond donors (Lipinski definition) is 2. The average molecular weight is 412 g/mol. The fourth-order valence-corrected chi connectivity index (χ4v) is 4.23. The molecule has 1 aliphatic heterocycles. The average Bonchev–Trinajstić information content (AvgIpc) is 3.25. The van der Waals surface area contributed by atoms with Crippen molar-refractivity contribution in [3.63, 3.8) is 0 Å². The van der Waals surface area contributed by atoms with E-state index in [0.29, 0.717) is 12.1 Å². The van der Waals surface area contributed by atoms with E-state index in [4.69, 9.17) is 4.74 Å². The van der Waals surface area contributed by atoms with Gasteiger partial charge in [-0.15, -0.1) is 0 Å². The molecule has 6 nitrogen and oxygen atoms in total. The zero-order valence-corrected chi connectivity index (χ0v) is 16.0. The second-order valence-electron chi connectivity index (χ2n) is 7.65. The number of carboxylic acid groups (broad SMARTS) is 1. The Kier molecular flexibility index (Phi) is 4.14. The Morgan fingerprint density at radius 1 is 1.27 bits per heavy atom. The van der Waals surface area contributed by atoms with E-state index in [1.807, 2.05) is 12.1 Å². The van der Waals surface area contributed by atoms with Crippen molar-refractivity contribution in [2.24, 2.45) is 0 Å². The number of carbonyl (C=O) groups is 1. The Balaban J connectivity index is 1.86. The number of benzene rings is 2. The van der Waals surface area contributed by atoms with Gasteiger partial charge in [0, 0.05) is 25.7 Å². The van der Waals surface area contributed by atoms with Crippen LogP contribution in [0, 0.1) is 5.82 Å². The van der Waals surface area contributed by atoms with Crippen LogP contribution in [0.3, 0.4) is 0 Å². The topological polar surface area (TPSA) is 80.6 Å². The van der Waals surface area contributed by atoms with Gasteiger partial charge in [-0.2, -0.15) is 0 Å². The van der Waals surface area contributed by atoms with Crippen molar-refractivity contribution in [1.82, 2.24) is 9.88 Å². The smallest absolute Gasteiger partial charge is 0.341 e. The molecule has 3 aromatic rings. The zero-order valence-electron chi connectivity index (χ0n) is 16.0. The molecule has 8 heteroatoms. The van der Waals surface area contributed by atoms with Crippen LogP contribution in [0.4, 0.5) is 8.78 Å². The largest absolute Gasteiger partial charge is 0.494 e. The van der Waals surface area contributed by atoms with Crippen molar-refractivity contribution in [1.29, 1.82) is 0 Å². The van der Waals surface area contributed by atoms with Gasteiger partial charge in [0.1, 0.15) is 17.6 Å². The van der Waals surface area contributed by atoms with Crippen molar-refractivity contribution in [2.75, 3.05) is 7.11 Å². The highest BCUT2D eigenvalue weighted by molar-refractivity contribution is 5.98. The Labute approximate surface area is 169 Å². The first kappa shape index (κ1) is 18.7. The number of alkyl halides is 1. The lowest BCUT2D eigenvalue weighted by Gasteiger charge is -2.18. The van der Waals surface area contributed by atoms with E-state index in [9.17, 15) is 19.1 Å². The Morgan fingerprint density at radius 3 is 2.67 bits per heavy atom. The van der Waals surface area contributed by atoms with Gasteiger partial charge in [0.05, 0.1) is 29.6 Å². The number of hydrogen-bond acceptors (Lipinski definition) is 4. The molecule has 2 atom stereocenters. The molecule has 1 aliphatic carbocycles. The molecule has 0 amide bonds. The van der Waals surface area contributed by atoms with Crippen LogP contribution in [-0.4, -0.2) is 28.9 Å². The first-order valence-corrected chi connectivity index (χ1v) is 9.56. The molecule has 30 heavy (non-hydrogen) atoms. The van der Waals surface area contributed by atoms with Gasteiger partial charge in [-0.3, -0.25) is 4.79 Å². The summed E-state index contributed by atoms with van der Waals surface area (Å²) >= 11 is 0. The minimum Gasteiger partial charge on any atom is -0.494 e. The molecule has 0 unspecified atom stereocenters. The SMILES string of the molecule is COc1c(-c2ccc3c(c2)CNC3)c(F)cc2c(=O)c(C(=O)O)cn([C@@H]3C[C@@H]3F)c12. The van der Waals surface area contributed by atoms with Gasteiger partial charge < -0.3 is 19.7 Å². The lowest BCUT2D eigenvalue weighted by Crippen LogP contribution is -2.20. The van der Waals surface area contributed by atoms with Gasteiger partial charge in [-0.1, -0.05) is 12.1 Å². The summed E-state index contributed by atoms with van der Waals surface area (Å²) in [7, 11) is 1.35. The first-order valence-electron chi connectivity index (χ1n) is 9.56. The number of aromatic carboxylic acids is 1. The Hall–Kier alpha value is -3.26. The molecule has 2 heterocycles. The maximum absolute atomic E-state index is 15.3. The molecule has 0 spiro atoms. The highest BCUT2D eigenvalue weighted by atomic mass is 19.1. The molecule has 0 radical (unpaired) electrons. The lowest BCUT2D eigenvalue weighted by atomic mass is 9.97. The van der Waals surface area contributed by atoms with Gasteiger partial charge in [0.15, 0.2) is 5.75 Å². The highest BCUT2D eigenvalue weighted by Gasteiger charge is 2.41. The third-order valence-electron chi connectivity index (χ3n) is 5.82. The number of rotatable bonds is 4. The van der Waals surface area contributed by atoms with Crippen molar-refractivity contribution < 1.29 is 23.4 Å². The molecule has 0 bridgehead atoms. The minimum absolute atomic E-state index is 0.0871. The van der Waals surface area contributed by atoms with E-state index < -0.39 is 35.0 Å². The molecule has 154 valence electrons. The predicted octanol–water partition coefficient (Wildman–Crippen LogP) is 3.40. The number of carboxylic acids is 1. The van der Waals surface area contributed by atoms with Gasteiger partial charge in [0.2, 0.25) is 5.43 Å². The third-order valence-corrected chi connectivity index (χ3v) is 5.82. The van der Waals surface area contributed by atoms with Gasteiger partial charge in [-0.05, 0) is 28.8 Å². The number of nitrogens with zero attached hydrogens (tertiary/aromatic N) is 1. The van der Waals surface area contributed by atoms with Crippen molar-refractivity contribution in [3.8, 4) is 16.9 Å². The number of nitrogens with one attached hydrogen (secondary N) is 1. The summed E-state index contributed by atoms with van der Waals surface area (Å²) in [4.78, 5) is 24.3. The fraction of sp³-hybridized carbons (Fsp3) is 0.273. The van der Waals surface area contributed by atoms with Gasteiger partial charge in [-0.25, -0.2) is 13.6 Å². The molecule has 1 fully saturated rings. The number of ether oxygens (including phenoxy) is 1. The summed E-state index contributed by atoms with van der Waals surface area (Å²) in [6.45, 7) is 1.41. The summed E-state index contributed by atoms with van der Waals surface area (Å²) in [5.74, 6) is -2.06. The van der Waals surface area contributed by atoms with Gasteiger partial charge in [0.25, 0.3) is 0 Å². The van der Waals surface area contributed by atoms with E-state index >= 15 is 4.39 Å². The summed E-state index contributed by atoms with van der Waals surface area (Å²) in [6, 6.07) is 5.96. The van der Waals surface area contributed by atoms with Crippen LogP contribution in [0.15, 0.2) is 35.3 Å². The van der Waals surface area contributed by atoms with Crippen molar-refractivity contribution in [2.45, 2.75) is 31.7 Å². The number of halogens is 2. The molecule has 1 aromatic heterocycles. The molecular weight excluding hydrogens is 394 g/mol.